The minimum Gasteiger partial charge on any atom is -0.456 e. The second kappa shape index (κ2) is 10.9. The van der Waals surface area contributed by atoms with Crippen molar-refractivity contribution < 1.29 is 19.6 Å². The predicted molar refractivity (Wildman–Crippen MR) is 136 cm³/mol. The van der Waals surface area contributed by atoms with Gasteiger partial charge in [-0.05, 0) is 34.9 Å². The molecule has 0 fully saturated rings. The summed E-state index contributed by atoms with van der Waals surface area (Å²) < 4.78 is 5.74. The predicted octanol–water partition coefficient (Wildman–Crippen LogP) is 4.64. The van der Waals surface area contributed by atoms with Crippen molar-refractivity contribution in [2.45, 2.75) is 5.60 Å². The number of hydrazone groups is 1. The van der Waals surface area contributed by atoms with Crippen molar-refractivity contribution in [2.24, 2.45) is 5.10 Å². The smallest absolute Gasteiger partial charge is 0.281 e. The number of benzene rings is 4. The van der Waals surface area contributed by atoms with Gasteiger partial charge in [0, 0.05) is 12.1 Å². The molecule has 9 heteroatoms. The van der Waals surface area contributed by atoms with Crippen LogP contribution in [0.25, 0.3) is 0 Å². The zero-order valence-corrected chi connectivity index (χ0v) is 19.3. The average molecular weight is 492 g/mol. The standard InChI is InChI=1S/C28H20N4O5/c29-18-21-17-24(32(35)36)14-15-26(21)37-25-13-7-8-20(16-25)19-30-31-27(33)28(34,22-9-3-1-4-10-22)23-11-5-2-6-12-23/h1-17,19,34H,(H,31,33). The zero-order valence-electron chi connectivity index (χ0n) is 19.3. The monoisotopic (exact) mass is 492 g/mol. The van der Waals surface area contributed by atoms with Gasteiger partial charge in [-0.1, -0.05) is 72.8 Å². The molecular formula is C28H20N4O5. The van der Waals surface area contributed by atoms with Crippen LogP contribution >= 0.6 is 0 Å². The van der Waals surface area contributed by atoms with Gasteiger partial charge in [0.1, 0.15) is 23.1 Å². The molecule has 9 nitrogen and oxygen atoms in total. The van der Waals surface area contributed by atoms with Gasteiger partial charge in [0.05, 0.1) is 11.1 Å². The molecule has 4 rings (SSSR count). The van der Waals surface area contributed by atoms with E-state index < -0.39 is 16.4 Å². The van der Waals surface area contributed by atoms with Crippen LogP contribution in [0, 0.1) is 21.4 Å². The molecule has 0 radical (unpaired) electrons. The summed E-state index contributed by atoms with van der Waals surface area (Å²) >= 11 is 0. The van der Waals surface area contributed by atoms with Gasteiger partial charge in [-0.15, -0.1) is 0 Å². The molecule has 0 aliphatic rings. The molecule has 0 heterocycles. The van der Waals surface area contributed by atoms with Crippen molar-refractivity contribution in [3.8, 4) is 17.6 Å². The van der Waals surface area contributed by atoms with E-state index in [1.165, 1.54) is 18.3 Å². The Bertz CT molecular complexity index is 1460. The number of aliphatic hydroxyl groups is 1. The summed E-state index contributed by atoms with van der Waals surface area (Å²) in [6.45, 7) is 0. The van der Waals surface area contributed by atoms with Gasteiger partial charge in [0.25, 0.3) is 11.6 Å². The lowest BCUT2D eigenvalue weighted by molar-refractivity contribution is -0.384. The molecule has 0 bridgehead atoms. The third-order valence-corrected chi connectivity index (χ3v) is 5.47. The molecule has 0 aliphatic carbocycles. The van der Waals surface area contributed by atoms with Crippen LogP contribution in [-0.2, 0) is 10.4 Å². The molecule has 4 aromatic carbocycles. The van der Waals surface area contributed by atoms with Gasteiger partial charge < -0.3 is 9.84 Å². The number of rotatable bonds is 8. The highest BCUT2D eigenvalue weighted by atomic mass is 16.6. The zero-order chi connectivity index (χ0) is 26.3. The molecule has 1 amide bonds. The third-order valence-electron chi connectivity index (χ3n) is 5.47. The number of nitro benzene ring substituents is 1. The van der Waals surface area contributed by atoms with Crippen molar-refractivity contribution in [1.29, 1.82) is 5.26 Å². The van der Waals surface area contributed by atoms with E-state index in [4.69, 9.17) is 4.74 Å². The first kappa shape index (κ1) is 24.8. The van der Waals surface area contributed by atoms with E-state index in [0.717, 1.165) is 6.07 Å². The number of carbonyl (C=O) groups is 1. The molecule has 0 aliphatic heterocycles. The van der Waals surface area contributed by atoms with E-state index in [2.05, 4.69) is 10.5 Å². The number of amides is 1. The SMILES string of the molecule is N#Cc1cc([N+](=O)[O-])ccc1Oc1cccc(C=NNC(=O)C(O)(c2ccccc2)c2ccccc2)c1. The number of carbonyl (C=O) groups excluding carboxylic acids is 1. The highest BCUT2D eigenvalue weighted by Gasteiger charge is 2.39. The van der Waals surface area contributed by atoms with Crippen LogP contribution in [0.3, 0.4) is 0 Å². The number of hydrogen-bond donors (Lipinski definition) is 2. The Balaban J connectivity index is 1.52. The molecule has 0 saturated carbocycles. The summed E-state index contributed by atoms with van der Waals surface area (Å²) in [6.07, 6.45) is 1.38. The van der Waals surface area contributed by atoms with E-state index in [1.807, 2.05) is 6.07 Å². The van der Waals surface area contributed by atoms with Crippen molar-refractivity contribution >= 4 is 17.8 Å². The molecule has 37 heavy (non-hydrogen) atoms. The highest BCUT2D eigenvalue weighted by molar-refractivity contribution is 5.91. The van der Waals surface area contributed by atoms with Crippen LogP contribution < -0.4 is 10.2 Å². The van der Waals surface area contributed by atoms with Crippen LogP contribution in [0.5, 0.6) is 11.5 Å². The molecule has 0 aromatic heterocycles. The second-order valence-electron chi connectivity index (χ2n) is 7.87. The van der Waals surface area contributed by atoms with Crippen molar-refractivity contribution in [1.82, 2.24) is 5.43 Å². The van der Waals surface area contributed by atoms with Crippen molar-refractivity contribution in [2.75, 3.05) is 0 Å². The summed E-state index contributed by atoms with van der Waals surface area (Å²) in [7, 11) is 0. The van der Waals surface area contributed by atoms with E-state index in [-0.39, 0.29) is 17.0 Å². The van der Waals surface area contributed by atoms with E-state index in [1.54, 1.807) is 84.9 Å². The Morgan fingerprint density at radius 1 is 0.973 bits per heavy atom. The van der Waals surface area contributed by atoms with Crippen LogP contribution in [0.2, 0.25) is 0 Å². The number of nitro groups is 1. The first-order valence-electron chi connectivity index (χ1n) is 11.0. The third kappa shape index (κ3) is 5.51. The quantitative estimate of drug-likeness (QED) is 0.209. The average Bonchev–Trinajstić information content (AvgIpc) is 2.93. The largest absolute Gasteiger partial charge is 0.456 e. The molecule has 2 N–H and O–H groups in total. The normalized spacial score (nSPS) is 11.0. The van der Waals surface area contributed by atoms with E-state index in [0.29, 0.717) is 22.4 Å². The number of nitrogens with one attached hydrogen (secondary N) is 1. The Morgan fingerprint density at radius 2 is 1.62 bits per heavy atom. The lowest BCUT2D eigenvalue weighted by atomic mass is 9.85. The van der Waals surface area contributed by atoms with Gasteiger partial charge in [-0.2, -0.15) is 10.4 Å². The molecule has 0 spiro atoms. The summed E-state index contributed by atoms with van der Waals surface area (Å²) in [5.74, 6) is -0.227. The Labute approximate surface area is 212 Å². The lowest BCUT2D eigenvalue weighted by Crippen LogP contribution is -2.43. The molecule has 0 saturated heterocycles. The summed E-state index contributed by atoms with van der Waals surface area (Å²) in [5.41, 5.74) is 1.58. The molecule has 182 valence electrons. The highest BCUT2D eigenvalue weighted by Crippen LogP contribution is 2.30. The second-order valence-corrected chi connectivity index (χ2v) is 7.87. The number of nitrogens with zero attached hydrogens (tertiary/aromatic N) is 3. The number of ether oxygens (including phenoxy) is 1. The van der Waals surface area contributed by atoms with Crippen LogP contribution in [0.1, 0.15) is 22.3 Å². The van der Waals surface area contributed by atoms with Gasteiger partial charge in [0.15, 0.2) is 5.60 Å². The van der Waals surface area contributed by atoms with Crippen molar-refractivity contribution in [3.63, 3.8) is 0 Å². The fourth-order valence-corrected chi connectivity index (χ4v) is 3.63. The maximum absolute atomic E-state index is 13.1. The topological polar surface area (TPSA) is 138 Å². The molecule has 0 unspecified atom stereocenters. The summed E-state index contributed by atoms with van der Waals surface area (Å²) in [5, 5.41) is 35.7. The van der Waals surface area contributed by atoms with Gasteiger partial charge in [0.2, 0.25) is 0 Å². The fraction of sp³-hybridized carbons (Fsp3) is 0.0357. The summed E-state index contributed by atoms with van der Waals surface area (Å²) in [4.78, 5) is 23.5. The lowest BCUT2D eigenvalue weighted by Gasteiger charge is -2.27. The Morgan fingerprint density at radius 3 is 2.22 bits per heavy atom. The Hall–Kier alpha value is -5.33. The molecule has 4 aromatic rings. The van der Waals surface area contributed by atoms with Crippen molar-refractivity contribution in [3.05, 3.63) is 135 Å². The molecule has 0 atom stereocenters. The van der Waals surface area contributed by atoms with Gasteiger partial charge in [-0.25, -0.2) is 5.43 Å². The van der Waals surface area contributed by atoms with Gasteiger partial charge in [-0.3, -0.25) is 14.9 Å². The first-order chi connectivity index (χ1) is 17.9. The van der Waals surface area contributed by atoms with E-state index in [9.17, 15) is 25.3 Å². The van der Waals surface area contributed by atoms with Gasteiger partial charge >= 0.3 is 0 Å². The molecular weight excluding hydrogens is 472 g/mol. The minimum atomic E-state index is -1.96. The summed E-state index contributed by atoms with van der Waals surface area (Å²) in [6, 6.07) is 29.4. The Kier molecular flexibility index (Phi) is 7.33. The number of nitriles is 1. The number of non-ortho nitro benzene ring substituents is 1. The number of hydrogen-bond acceptors (Lipinski definition) is 7. The fourth-order valence-electron chi connectivity index (χ4n) is 3.63. The van der Waals surface area contributed by atoms with Crippen LogP contribution in [-0.4, -0.2) is 22.2 Å². The maximum Gasteiger partial charge on any atom is 0.281 e. The first-order valence-corrected chi connectivity index (χ1v) is 11.0. The van der Waals surface area contributed by atoms with Crippen LogP contribution in [0.4, 0.5) is 5.69 Å². The maximum atomic E-state index is 13.1. The minimum absolute atomic E-state index is 0.0154. The van der Waals surface area contributed by atoms with Crippen LogP contribution in [0.15, 0.2) is 108 Å². The van der Waals surface area contributed by atoms with E-state index >= 15 is 0 Å².